The molecule has 0 aliphatic carbocycles. The van der Waals surface area contributed by atoms with Crippen LogP contribution < -0.4 is 10.0 Å². The summed E-state index contributed by atoms with van der Waals surface area (Å²) in [5, 5.41) is 2.61. The molecule has 124 valence electrons. The van der Waals surface area contributed by atoms with Gasteiger partial charge in [0.1, 0.15) is 0 Å². The lowest BCUT2D eigenvalue weighted by Crippen LogP contribution is -2.24. The van der Waals surface area contributed by atoms with Gasteiger partial charge in [-0.05, 0) is 30.7 Å². The smallest absolute Gasteiger partial charge is 0.240 e. The average Bonchev–Trinajstić information content (AvgIpc) is 2.46. The number of nitrogens with one attached hydrogen (secondary N) is 2. The maximum Gasteiger partial charge on any atom is 0.240 e. The number of anilines is 1. The fraction of sp³-hybridized carbons (Fsp3) is 0.562. The number of hydrogen-bond donors (Lipinski definition) is 2. The maximum absolute atomic E-state index is 12.1. The van der Waals surface area contributed by atoms with Gasteiger partial charge in [0.15, 0.2) is 0 Å². The molecular formula is C16H26N2O3S. The highest BCUT2D eigenvalue weighted by Gasteiger charge is 2.12. The zero-order valence-corrected chi connectivity index (χ0v) is 14.2. The fourth-order valence-electron chi connectivity index (χ4n) is 2.12. The second kappa shape index (κ2) is 9.58. The number of benzene rings is 1. The number of carbonyl (C=O) groups is 1. The molecule has 0 heterocycles. The molecule has 22 heavy (non-hydrogen) atoms. The van der Waals surface area contributed by atoms with E-state index in [-0.39, 0.29) is 10.8 Å². The molecule has 0 bridgehead atoms. The van der Waals surface area contributed by atoms with Gasteiger partial charge in [-0.3, -0.25) is 4.79 Å². The summed E-state index contributed by atoms with van der Waals surface area (Å²) in [4.78, 5) is 11.1. The molecule has 0 unspecified atom stereocenters. The molecule has 6 heteroatoms. The summed E-state index contributed by atoms with van der Waals surface area (Å²) < 4.78 is 26.8. The van der Waals surface area contributed by atoms with E-state index in [1.807, 2.05) is 0 Å². The second-order valence-corrected chi connectivity index (χ2v) is 7.14. The quantitative estimate of drug-likeness (QED) is 0.648. The highest BCUT2D eigenvalue weighted by Crippen LogP contribution is 2.14. The van der Waals surface area contributed by atoms with Crippen LogP contribution in [0.5, 0.6) is 0 Å². The van der Waals surface area contributed by atoms with Gasteiger partial charge in [-0.25, -0.2) is 13.1 Å². The van der Waals surface area contributed by atoms with E-state index >= 15 is 0 Å². The zero-order chi connectivity index (χ0) is 16.4. The van der Waals surface area contributed by atoms with Gasteiger partial charge in [0.2, 0.25) is 15.9 Å². The van der Waals surface area contributed by atoms with Gasteiger partial charge in [0, 0.05) is 19.2 Å². The predicted octanol–water partition coefficient (Wildman–Crippen LogP) is 3.28. The SMILES string of the molecule is CCCCCCCCNS(=O)(=O)c1ccc(NC(C)=O)cc1. The predicted molar refractivity (Wildman–Crippen MR) is 89.3 cm³/mol. The first kappa shape index (κ1) is 18.6. The summed E-state index contributed by atoms with van der Waals surface area (Å²) in [6.45, 7) is 4.04. The van der Waals surface area contributed by atoms with E-state index < -0.39 is 10.0 Å². The van der Waals surface area contributed by atoms with Crippen LogP contribution in [-0.4, -0.2) is 20.9 Å². The number of rotatable bonds is 10. The van der Waals surface area contributed by atoms with Crippen LogP contribution in [0.25, 0.3) is 0 Å². The molecule has 1 aromatic rings. The number of carbonyl (C=O) groups excluding carboxylic acids is 1. The summed E-state index contributed by atoms with van der Waals surface area (Å²) in [5.74, 6) is -0.184. The van der Waals surface area contributed by atoms with Crippen molar-refractivity contribution in [3.8, 4) is 0 Å². The highest BCUT2D eigenvalue weighted by atomic mass is 32.2. The Labute approximate surface area is 133 Å². The second-order valence-electron chi connectivity index (χ2n) is 5.37. The summed E-state index contributed by atoms with van der Waals surface area (Å²) in [5.41, 5.74) is 0.586. The van der Waals surface area contributed by atoms with Crippen molar-refractivity contribution in [2.75, 3.05) is 11.9 Å². The van der Waals surface area contributed by atoms with E-state index in [0.29, 0.717) is 12.2 Å². The number of hydrogen-bond acceptors (Lipinski definition) is 3. The molecule has 1 rings (SSSR count). The van der Waals surface area contributed by atoms with E-state index in [1.165, 1.54) is 38.3 Å². The van der Waals surface area contributed by atoms with Crippen molar-refractivity contribution < 1.29 is 13.2 Å². The number of unbranched alkanes of at least 4 members (excludes halogenated alkanes) is 5. The van der Waals surface area contributed by atoms with Crippen LogP contribution >= 0.6 is 0 Å². The topological polar surface area (TPSA) is 75.3 Å². The molecule has 0 atom stereocenters. The molecular weight excluding hydrogens is 300 g/mol. The van der Waals surface area contributed by atoms with Crippen LogP contribution in [0.2, 0.25) is 0 Å². The minimum atomic E-state index is -3.47. The van der Waals surface area contributed by atoms with Crippen LogP contribution in [0, 0.1) is 0 Å². The van der Waals surface area contributed by atoms with Crippen molar-refractivity contribution in [2.24, 2.45) is 0 Å². The molecule has 0 saturated heterocycles. The largest absolute Gasteiger partial charge is 0.326 e. The molecule has 0 aromatic heterocycles. The first-order valence-corrected chi connectivity index (χ1v) is 9.31. The van der Waals surface area contributed by atoms with Crippen LogP contribution in [-0.2, 0) is 14.8 Å². The average molecular weight is 326 g/mol. The zero-order valence-electron chi connectivity index (χ0n) is 13.4. The van der Waals surface area contributed by atoms with Crippen molar-refractivity contribution in [3.05, 3.63) is 24.3 Å². The first-order valence-electron chi connectivity index (χ1n) is 7.83. The van der Waals surface area contributed by atoms with Gasteiger partial charge in [-0.1, -0.05) is 39.0 Å². The Morgan fingerprint density at radius 2 is 1.59 bits per heavy atom. The van der Waals surface area contributed by atoms with E-state index in [1.54, 1.807) is 12.1 Å². The summed E-state index contributed by atoms with van der Waals surface area (Å²) >= 11 is 0. The fourth-order valence-corrected chi connectivity index (χ4v) is 3.19. The molecule has 2 N–H and O–H groups in total. The van der Waals surface area contributed by atoms with Gasteiger partial charge < -0.3 is 5.32 Å². The van der Waals surface area contributed by atoms with Crippen molar-refractivity contribution in [3.63, 3.8) is 0 Å². The third kappa shape index (κ3) is 7.04. The van der Waals surface area contributed by atoms with Crippen molar-refractivity contribution in [1.82, 2.24) is 4.72 Å². The Morgan fingerprint density at radius 3 is 2.18 bits per heavy atom. The lowest BCUT2D eigenvalue weighted by atomic mass is 10.1. The molecule has 0 radical (unpaired) electrons. The number of amides is 1. The molecule has 0 aliphatic heterocycles. The molecule has 1 aromatic carbocycles. The van der Waals surface area contributed by atoms with E-state index in [9.17, 15) is 13.2 Å². The first-order chi connectivity index (χ1) is 10.5. The normalized spacial score (nSPS) is 11.4. The van der Waals surface area contributed by atoms with Gasteiger partial charge >= 0.3 is 0 Å². The van der Waals surface area contributed by atoms with Gasteiger partial charge in [0.05, 0.1) is 4.90 Å². The van der Waals surface area contributed by atoms with Crippen LogP contribution in [0.4, 0.5) is 5.69 Å². The Kier molecular flexibility index (Phi) is 8.12. The molecule has 0 aliphatic rings. The highest BCUT2D eigenvalue weighted by molar-refractivity contribution is 7.89. The third-order valence-corrected chi connectivity index (χ3v) is 4.78. The minimum Gasteiger partial charge on any atom is -0.326 e. The van der Waals surface area contributed by atoms with Crippen molar-refractivity contribution in [2.45, 2.75) is 57.3 Å². The van der Waals surface area contributed by atoms with Crippen LogP contribution in [0.1, 0.15) is 52.4 Å². The molecule has 5 nitrogen and oxygen atoms in total. The number of sulfonamides is 1. The lowest BCUT2D eigenvalue weighted by Gasteiger charge is -2.08. The summed E-state index contributed by atoms with van der Waals surface area (Å²) in [6.07, 6.45) is 6.72. The molecule has 0 fully saturated rings. The van der Waals surface area contributed by atoms with Crippen molar-refractivity contribution >= 4 is 21.6 Å². The van der Waals surface area contributed by atoms with E-state index in [0.717, 1.165) is 19.3 Å². The van der Waals surface area contributed by atoms with Gasteiger partial charge in [-0.2, -0.15) is 0 Å². The lowest BCUT2D eigenvalue weighted by molar-refractivity contribution is -0.114. The Bertz CT molecular complexity index is 553. The molecule has 0 spiro atoms. The maximum atomic E-state index is 12.1. The Balaban J connectivity index is 2.40. The van der Waals surface area contributed by atoms with Crippen molar-refractivity contribution in [1.29, 1.82) is 0 Å². The van der Waals surface area contributed by atoms with Crippen LogP contribution in [0.15, 0.2) is 29.2 Å². The standard InChI is InChI=1S/C16H26N2O3S/c1-3-4-5-6-7-8-13-17-22(20,21)16-11-9-15(10-12-16)18-14(2)19/h9-12,17H,3-8,13H2,1-2H3,(H,18,19). The summed E-state index contributed by atoms with van der Waals surface area (Å²) in [7, 11) is -3.47. The third-order valence-electron chi connectivity index (χ3n) is 3.31. The van der Waals surface area contributed by atoms with Gasteiger partial charge in [-0.15, -0.1) is 0 Å². The summed E-state index contributed by atoms with van der Waals surface area (Å²) in [6, 6.07) is 6.16. The van der Waals surface area contributed by atoms with E-state index in [2.05, 4.69) is 17.0 Å². The van der Waals surface area contributed by atoms with Crippen LogP contribution in [0.3, 0.4) is 0 Å². The minimum absolute atomic E-state index is 0.184. The van der Waals surface area contributed by atoms with E-state index in [4.69, 9.17) is 0 Å². The Hall–Kier alpha value is -1.40. The molecule has 0 saturated carbocycles. The Morgan fingerprint density at radius 1 is 1.00 bits per heavy atom. The monoisotopic (exact) mass is 326 g/mol. The van der Waals surface area contributed by atoms with Gasteiger partial charge in [0.25, 0.3) is 0 Å². The molecule has 1 amide bonds.